The third-order valence-corrected chi connectivity index (χ3v) is 3.99. The second-order valence-corrected chi connectivity index (χ2v) is 5.85. The zero-order valence-corrected chi connectivity index (χ0v) is 13.1. The minimum absolute atomic E-state index is 0.0651. The van der Waals surface area contributed by atoms with E-state index in [0.29, 0.717) is 29.4 Å². The molecule has 1 aliphatic carbocycles. The molecule has 2 N–H and O–H groups in total. The van der Waals surface area contributed by atoms with Crippen molar-refractivity contribution in [2.24, 2.45) is 0 Å². The Kier molecular flexibility index (Phi) is 6.07. The number of rotatable bonds is 7. The second kappa shape index (κ2) is 8.03. The van der Waals surface area contributed by atoms with Crippen LogP contribution in [0.4, 0.5) is 0 Å². The van der Waals surface area contributed by atoms with Gasteiger partial charge in [-0.15, -0.1) is 0 Å². The van der Waals surface area contributed by atoms with Crippen molar-refractivity contribution in [1.82, 2.24) is 5.32 Å². The van der Waals surface area contributed by atoms with Crippen LogP contribution in [0.5, 0.6) is 5.75 Å². The summed E-state index contributed by atoms with van der Waals surface area (Å²) >= 11 is 6.14. The fourth-order valence-electron chi connectivity index (χ4n) is 2.52. The number of amides is 1. The van der Waals surface area contributed by atoms with Crippen molar-refractivity contribution in [1.29, 1.82) is 0 Å². The normalized spacial score (nSPS) is 14.8. The zero-order chi connectivity index (χ0) is 15.9. The van der Waals surface area contributed by atoms with Crippen LogP contribution in [0.25, 0.3) is 0 Å². The van der Waals surface area contributed by atoms with E-state index in [2.05, 4.69) is 5.32 Å². The summed E-state index contributed by atoms with van der Waals surface area (Å²) in [5.41, 5.74) is 0.437. The van der Waals surface area contributed by atoms with Crippen molar-refractivity contribution in [3.05, 3.63) is 28.8 Å². The first-order valence-corrected chi connectivity index (χ1v) is 7.89. The number of carbonyl (C=O) groups is 2. The average molecular weight is 326 g/mol. The highest BCUT2D eigenvalue weighted by molar-refractivity contribution is 6.34. The number of nitrogens with one attached hydrogen (secondary N) is 1. The molecule has 1 fully saturated rings. The Morgan fingerprint density at radius 1 is 1.32 bits per heavy atom. The predicted molar refractivity (Wildman–Crippen MR) is 83.5 cm³/mol. The molecule has 0 radical (unpaired) electrons. The Balaban J connectivity index is 1.88. The van der Waals surface area contributed by atoms with Gasteiger partial charge in [-0.1, -0.05) is 24.4 Å². The minimum Gasteiger partial charge on any atom is -0.494 e. The molecular formula is C16H20ClNO4. The molecule has 0 aromatic heterocycles. The zero-order valence-electron chi connectivity index (χ0n) is 12.3. The number of hydrogen-bond donors (Lipinski definition) is 2. The van der Waals surface area contributed by atoms with Gasteiger partial charge in [-0.2, -0.15) is 0 Å². The van der Waals surface area contributed by atoms with E-state index in [9.17, 15) is 9.59 Å². The number of aliphatic carboxylic acids is 1. The van der Waals surface area contributed by atoms with Gasteiger partial charge >= 0.3 is 5.97 Å². The molecule has 1 aromatic carbocycles. The molecule has 22 heavy (non-hydrogen) atoms. The van der Waals surface area contributed by atoms with Gasteiger partial charge in [0, 0.05) is 12.5 Å². The van der Waals surface area contributed by atoms with Gasteiger partial charge in [0.25, 0.3) is 5.91 Å². The Morgan fingerprint density at radius 2 is 2.05 bits per heavy atom. The number of halogens is 1. The maximum Gasteiger partial charge on any atom is 0.303 e. The molecular weight excluding hydrogens is 306 g/mol. The number of carbonyl (C=O) groups excluding carboxylic acids is 1. The summed E-state index contributed by atoms with van der Waals surface area (Å²) in [7, 11) is 0. The summed E-state index contributed by atoms with van der Waals surface area (Å²) < 4.78 is 5.43. The van der Waals surface area contributed by atoms with E-state index < -0.39 is 5.97 Å². The maximum atomic E-state index is 12.2. The second-order valence-electron chi connectivity index (χ2n) is 5.44. The number of carboxylic acids is 1. The molecule has 6 heteroatoms. The molecule has 2 rings (SSSR count). The van der Waals surface area contributed by atoms with Crippen molar-refractivity contribution in [3.8, 4) is 5.75 Å². The lowest BCUT2D eigenvalue weighted by Gasteiger charge is -2.13. The first-order valence-electron chi connectivity index (χ1n) is 7.51. The summed E-state index contributed by atoms with van der Waals surface area (Å²) in [5.74, 6) is -0.470. The molecule has 5 nitrogen and oxygen atoms in total. The smallest absolute Gasteiger partial charge is 0.303 e. The van der Waals surface area contributed by atoms with Crippen LogP contribution < -0.4 is 10.1 Å². The van der Waals surface area contributed by atoms with Crippen LogP contribution in [0.15, 0.2) is 18.2 Å². The standard InChI is InChI=1S/C16H20ClNO4/c17-14-10-12(22-9-3-6-15(19)20)7-8-13(14)16(21)18-11-4-1-2-5-11/h7-8,10-11H,1-6,9H2,(H,18,21)(H,19,20). The summed E-state index contributed by atoms with van der Waals surface area (Å²) in [6.45, 7) is 0.302. The van der Waals surface area contributed by atoms with E-state index in [-0.39, 0.29) is 18.4 Å². The van der Waals surface area contributed by atoms with Gasteiger partial charge < -0.3 is 15.2 Å². The van der Waals surface area contributed by atoms with Crippen molar-refractivity contribution in [3.63, 3.8) is 0 Å². The third kappa shape index (κ3) is 4.91. The maximum absolute atomic E-state index is 12.2. The van der Waals surface area contributed by atoms with Crippen LogP contribution in [0.3, 0.4) is 0 Å². The Labute approximate surface area is 134 Å². The highest BCUT2D eigenvalue weighted by Crippen LogP contribution is 2.24. The number of ether oxygens (including phenoxy) is 1. The Morgan fingerprint density at radius 3 is 2.68 bits per heavy atom. The van der Waals surface area contributed by atoms with E-state index in [1.165, 1.54) is 0 Å². The molecule has 0 heterocycles. The van der Waals surface area contributed by atoms with Crippen LogP contribution in [-0.2, 0) is 4.79 Å². The third-order valence-electron chi connectivity index (χ3n) is 3.68. The Bertz CT molecular complexity index is 541. The van der Waals surface area contributed by atoms with Crippen molar-refractivity contribution in [2.75, 3.05) is 6.61 Å². The van der Waals surface area contributed by atoms with E-state index in [0.717, 1.165) is 25.7 Å². The molecule has 0 atom stereocenters. The first-order chi connectivity index (χ1) is 10.6. The SMILES string of the molecule is O=C(O)CCCOc1ccc(C(=O)NC2CCCC2)c(Cl)c1. The summed E-state index contributed by atoms with van der Waals surface area (Å²) in [6, 6.07) is 5.15. The number of hydrogen-bond acceptors (Lipinski definition) is 3. The van der Waals surface area contributed by atoms with Crippen LogP contribution in [0, 0.1) is 0 Å². The van der Waals surface area contributed by atoms with Gasteiger partial charge in [0.2, 0.25) is 0 Å². The van der Waals surface area contributed by atoms with Gasteiger partial charge in [0.1, 0.15) is 5.75 Å². The average Bonchev–Trinajstić information content (AvgIpc) is 2.96. The van der Waals surface area contributed by atoms with Gasteiger partial charge in [0.15, 0.2) is 0 Å². The largest absolute Gasteiger partial charge is 0.494 e. The van der Waals surface area contributed by atoms with Crippen LogP contribution >= 0.6 is 11.6 Å². The van der Waals surface area contributed by atoms with Crippen LogP contribution in [0.2, 0.25) is 5.02 Å². The van der Waals surface area contributed by atoms with E-state index in [1.54, 1.807) is 18.2 Å². The van der Waals surface area contributed by atoms with Crippen molar-refractivity contribution in [2.45, 2.75) is 44.6 Å². The highest BCUT2D eigenvalue weighted by Gasteiger charge is 2.19. The molecule has 0 spiro atoms. The quantitative estimate of drug-likeness (QED) is 0.754. The van der Waals surface area contributed by atoms with Crippen LogP contribution in [-0.4, -0.2) is 29.6 Å². The molecule has 0 unspecified atom stereocenters. The predicted octanol–water partition coefficient (Wildman–Crippen LogP) is 3.26. The number of benzene rings is 1. The van der Waals surface area contributed by atoms with E-state index >= 15 is 0 Å². The fourth-order valence-corrected chi connectivity index (χ4v) is 2.77. The van der Waals surface area contributed by atoms with E-state index in [4.69, 9.17) is 21.4 Å². The molecule has 1 aliphatic rings. The van der Waals surface area contributed by atoms with Crippen molar-refractivity contribution < 1.29 is 19.4 Å². The summed E-state index contributed by atoms with van der Waals surface area (Å²) in [6.07, 6.45) is 4.85. The molecule has 1 aromatic rings. The van der Waals surface area contributed by atoms with Gasteiger partial charge in [-0.3, -0.25) is 9.59 Å². The number of carboxylic acid groups (broad SMARTS) is 1. The topological polar surface area (TPSA) is 75.6 Å². The molecule has 0 bridgehead atoms. The minimum atomic E-state index is -0.847. The monoisotopic (exact) mass is 325 g/mol. The van der Waals surface area contributed by atoms with Gasteiger partial charge in [0.05, 0.1) is 17.2 Å². The lowest BCUT2D eigenvalue weighted by atomic mass is 10.1. The summed E-state index contributed by atoms with van der Waals surface area (Å²) in [5, 5.41) is 11.9. The molecule has 1 amide bonds. The van der Waals surface area contributed by atoms with Crippen LogP contribution in [0.1, 0.15) is 48.9 Å². The molecule has 1 saturated carbocycles. The first kappa shape index (κ1) is 16.6. The van der Waals surface area contributed by atoms with Crippen molar-refractivity contribution >= 4 is 23.5 Å². The van der Waals surface area contributed by atoms with Gasteiger partial charge in [-0.05, 0) is 37.5 Å². The molecule has 120 valence electrons. The van der Waals surface area contributed by atoms with Gasteiger partial charge in [-0.25, -0.2) is 0 Å². The Hall–Kier alpha value is -1.75. The molecule has 0 saturated heterocycles. The lowest BCUT2D eigenvalue weighted by molar-refractivity contribution is -0.137. The lowest BCUT2D eigenvalue weighted by Crippen LogP contribution is -2.32. The highest BCUT2D eigenvalue weighted by atomic mass is 35.5. The molecule has 0 aliphatic heterocycles. The van der Waals surface area contributed by atoms with E-state index in [1.807, 2.05) is 0 Å². The fraction of sp³-hybridized carbons (Fsp3) is 0.500. The summed E-state index contributed by atoms with van der Waals surface area (Å²) in [4.78, 5) is 22.6.